The van der Waals surface area contributed by atoms with Crippen LogP contribution < -0.4 is 5.32 Å². The molecule has 0 saturated heterocycles. The summed E-state index contributed by atoms with van der Waals surface area (Å²) in [6.45, 7) is -0.176. The maximum atomic E-state index is 14.3. The lowest BCUT2D eigenvalue weighted by Crippen LogP contribution is -2.37. The molecule has 7 heteroatoms. The topological polar surface area (TPSA) is 80.3 Å². The Bertz CT molecular complexity index is 3940. The maximum absolute atomic E-state index is 14.3. The highest BCUT2D eigenvalue weighted by Crippen LogP contribution is 2.56. The highest BCUT2D eigenvalue weighted by molar-refractivity contribution is 7.95. The Morgan fingerprint density at radius 3 is 1.20 bits per heavy atom. The summed E-state index contributed by atoms with van der Waals surface area (Å²) in [5.74, 6) is -0.271. The van der Waals surface area contributed by atoms with Gasteiger partial charge in [0.25, 0.3) is 0 Å². The Morgan fingerprint density at radius 1 is 0.360 bits per heavy atom. The average molecular weight is 1010 g/mol. The number of fused-ring (bicyclic) bond motifs is 5. The van der Waals surface area contributed by atoms with Crippen molar-refractivity contribution in [3.63, 3.8) is 0 Å². The molecular weight excluding hydrogens is 959 g/mol. The largest absolute Gasteiger partial charge is 0.371 e. The number of hydrogen-bond donors (Lipinski definition) is 1. The van der Waals surface area contributed by atoms with Gasteiger partial charge in [-0.2, -0.15) is 0 Å². The lowest BCUT2D eigenvalue weighted by molar-refractivity contribution is 0.593. The summed E-state index contributed by atoms with van der Waals surface area (Å²) in [5.41, 5.74) is 17.5. The van der Waals surface area contributed by atoms with Crippen LogP contribution in [0.2, 0.25) is 0 Å². The number of benzene rings is 10. The first-order chi connectivity index (χ1) is 36.7. The van der Waals surface area contributed by atoms with Crippen molar-refractivity contribution in [3.05, 3.63) is 333 Å². The molecule has 0 atom stereocenters. The van der Waals surface area contributed by atoms with Crippen LogP contribution in [0.15, 0.2) is 287 Å². The van der Waals surface area contributed by atoms with E-state index >= 15 is 0 Å². The summed E-state index contributed by atoms with van der Waals surface area (Å²) in [6.07, 6.45) is 2.79. The Balaban J connectivity index is 0.786. The van der Waals surface area contributed by atoms with Gasteiger partial charge >= 0.3 is 0 Å². The monoisotopic (exact) mass is 1010 g/mol. The molecule has 1 aliphatic heterocycles. The third kappa shape index (κ3) is 7.64. The molecule has 75 heavy (non-hydrogen) atoms. The van der Waals surface area contributed by atoms with Crippen molar-refractivity contribution in [1.29, 1.82) is 0 Å². The Morgan fingerprint density at radius 2 is 0.760 bits per heavy atom. The summed E-state index contributed by atoms with van der Waals surface area (Å²) in [5, 5.41) is 2.91. The van der Waals surface area contributed by atoms with Crippen LogP contribution in [0.4, 0.5) is 0 Å². The highest BCUT2D eigenvalue weighted by Gasteiger charge is 2.46. The molecule has 2 aliphatic carbocycles. The predicted octanol–water partition coefficient (Wildman–Crippen LogP) is 14.6. The summed E-state index contributed by atoms with van der Waals surface area (Å²) >= 11 is 0. The van der Waals surface area contributed by atoms with Crippen LogP contribution in [-0.4, -0.2) is 23.4 Å². The van der Waals surface area contributed by atoms with Gasteiger partial charge in [0, 0.05) is 11.8 Å². The summed E-state index contributed by atoms with van der Waals surface area (Å²) < 4.78 is 57.1. The third-order valence-electron chi connectivity index (χ3n) is 15.5. The molecule has 13 rings (SSSR count). The minimum absolute atomic E-state index is 0.0576. The molecule has 0 unspecified atom stereocenters. The molecule has 10 aromatic carbocycles. The second kappa shape index (κ2) is 18.4. The molecule has 0 saturated carbocycles. The van der Waals surface area contributed by atoms with E-state index in [0.29, 0.717) is 0 Å². The molecule has 1 N–H and O–H groups in total. The molecule has 1 heterocycles. The van der Waals surface area contributed by atoms with Gasteiger partial charge in [0.15, 0.2) is 0 Å². The van der Waals surface area contributed by atoms with Gasteiger partial charge in [-0.1, -0.05) is 218 Å². The fourth-order valence-electron chi connectivity index (χ4n) is 12.0. The van der Waals surface area contributed by atoms with Crippen molar-refractivity contribution in [1.82, 2.24) is 5.32 Å². The zero-order valence-corrected chi connectivity index (χ0v) is 42.3. The first-order valence-corrected chi connectivity index (χ1v) is 28.2. The van der Waals surface area contributed by atoms with E-state index in [1.54, 1.807) is 24.3 Å². The van der Waals surface area contributed by atoms with Gasteiger partial charge < -0.3 is 5.32 Å². The predicted molar refractivity (Wildman–Crippen MR) is 301 cm³/mol. The van der Waals surface area contributed by atoms with Crippen molar-refractivity contribution < 1.29 is 16.8 Å². The van der Waals surface area contributed by atoms with Crippen LogP contribution in [0.3, 0.4) is 0 Å². The van der Waals surface area contributed by atoms with Crippen LogP contribution in [0.5, 0.6) is 0 Å². The summed E-state index contributed by atoms with van der Waals surface area (Å²) in [7, 11) is -8.03. The average Bonchev–Trinajstić information content (AvgIpc) is 3.82. The Hall–Kier alpha value is -8.62. The van der Waals surface area contributed by atoms with Crippen LogP contribution in [0.25, 0.3) is 33.4 Å². The smallest absolute Gasteiger partial charge is 0.221 e. The van der Waals surface area contributed by atoms with Crippen LogP contribution in [-0.2, 0) is 25.1 Å². The van der Waals surface area contributed by atoms with E-state index in [4.69, 9.17) is 0 Å². The summed E-state index contributed by atoms with van der Waals surface area (Å²) in [6, 6.07) is 86.9. The van der Waals surface area contributed by atoms with E-state index < -0.39 is 25.1 Å². The lowest BCUT2D eigenvalue weighted by atomic mass is 9.57. The molecule has 0 amide bonds. The summed E-state index contributed by atoms with van der Waals surface area (Å²) in [4.78, 5) is 0.338. The van der Waals surface area contributed by atoms with Crippen molar-refractivity contribution in [3.8, 4) is 33.4 Å². The van der Waals surface area contributed by atoms with Crippen molar-refractivity contribution in [2.24, 2.45) is 0 Å². The SMILES string of the molecule is O=S(=O)(C1=CC=C(S(=O)(=O)c2ccc(C3c4ccccc4C(c4ccccc4)(c4ccccc4)c4ccccc43)cc2)NC1)c1ccc(C2c3ccc(-c4ccccc4)cc3-c3cc(-c4ccccc4)ccc32)cc1. The quantitative estimate of drug-likeness (QED) is 0.148. The number of hydrogen-bond acceptors (Lipinski definition) is 5. The van der Waals surface area contributed by atoms with Gasteiger partial charge in [0.05, 0.1) is 26.7 Å². The molecule has 5 nitrogen and oxygen atoms in total. The highest BCUT2D eigenvalue weighted by atomic mass is 32.2. The van der Waals surface area contributed by atoms with E-state index in [1.165, 1.54) is 34.4 Å². The normalized spacial score (nSPS) is 14.8. The Kier molecular flexibility index (Phi) is 11.3. The molecule has 0 radical (unpaired) electrons. The van der Waals surface area contributed by atoms with E-state index in [-0.39, 0.29) is 38.1 Å². The van der Waals surface area contributed by atoms with E-state index in [9.17, 15) is 16.8 Å². The standard InChI is InChI=1S/C68H49NO4S2/c70-74(71,54-35-29-48(30-36-54)66-57-40-33-50(46-17-5-1-6-18-46)43-61(57)62-44-51(34-41-58(62)66)47-19-7-2-8-20-47)56-39-42-65(69-45-56)75(72,73)55-37-31-49(32-38-55)67-59-25-13-15-27-63(59)68(52-21-9-3-10-22-52,53-23-11-4-12-24-53)64-28-16-14-26-60(64)67/h1-44,66-67,69H,45H2. The lowest BCUT2D eigenvalue weighted by Gasteiger charge is -2.45. The number of rotatable bonds is 10. The van der Waals surface area contributed by atoms with Crippen LogP contribution in [0.1, 0.15) is 67.5 Å². The minimum atomic E-state index is -4.05. The van der Waals surface area contributed by atoms with Gasteiger partial charge in [-0.15, -0.1) is 0 Å². The van der Waals surface area contributed by atoms with Crippen LogP contribution >= 0.6 is 0 Å². The van der Waals surface area contributed by atoms with Gasteiger partial charge in [0.1, 0.15) is 5.03 Å². The second-order valence-corrected chi connectivity index (χ2v) is 23.4. The second-order valence-electron chi connectivity index (χ2n) is 19.5. The fourth-order valence-corrected chi connectivity index (χ4v) is 14.6. The number of dihydropyridines is 1. The number of allylic oxidation sites excluding steroid dienone is 2. The van der Waals surface area contributed by atoms with Gasteiger partial charge in [0.2, 0.25) is 19.7 Å². The van der Waals surface area contributed by atoms with Crippen LogP contribution in [0, 0.1) is 0 Å². The molecule has 3 aliphatic rings. The zero-order chi connectivity index (χ0) is 50.7. The number of sulfone groups is 2. The van der Waals surface area contributed by atoms with Crippen molar-refractivity contribution in [2.45, 2.75) is 27.0 Å². The molecule has 362 valence electrons. The van der Waals surface area contributed by atoms with E-state index in [2.05, 4.69) is 187 Å². The molecule has 0 bridgehead atoms. The van der Waals surface area contributed by atoms with Gasteiger partial charge in [-0.05, 0) is 138 Å². The van der Waals surface area contributed by atoms with Gasteiger partial charge in [-0.25, -0.2) is 16.8 Å². The molecule has 0 spiro atoms. The first-order valence-electron chi connectivity index (χ1n) is 25.2. The van der Waals surface area contributed by atoms with Crippen molar-refractivity contribution >= 4 is 19.7 Å². The molecule has 0 fully saturated rings. The van der Waals surface area contributed by atoms with Crippen molar-refractivity contribution in [2.75, 3.05) is 6.54 Å². The molecule has 0 aromatic heterocycles. The number of nitrogens with one attached hydrogen (secondary N) is 1. The molecule has 10 aromatic rings. The minimum Gasteiger partial charge on any atom is -0.371 e. The first kappa shape index (κ1) is 46.2. The van der Waals surface area contributed by atoms with E-state index in [1.807, 2.05) is 48.5 Å². The fraction of sp³-hybridized carbons (Fsp3) is 0.0588. The maximum Gasteiger partial charge on any atom is 0.221 e. The van der Waals surface area contributed by atoms with Gasteiger partial charge in [-0.3, -0.25) is 0 Å². The third-order valence-corrected chi connectivity index (χ3v) is 19.2. The Labute approximate surface area is 438 Å². The molecular formula is C68H49NO4S2. The zero-order valence-electron chi connectivity index (χ0n) is 40.7. The van der Waals surface area contributed by atoms with E-state index in [0.717, 1.165) is 66.8 Å².